The smallest absolute Gasteiger partial charge is 0.0297 e. The largest absolute Gasteiger partial charge is 0.0594 e. The van der Waals surface area contributed by atoms with E-state index in [1.165, 1.54) is 484 Å². The summed E-state index contributed by atoms with van der Waals surface area (Å²) in [7, 11) is 0. The Labute approximate surface area is 797 Å². The number of rotatable bonds is 0. The molecule has 127 heavy (non-hydrogen) atoms. The summed E-state index contributed by atoms with van der Waals surface area (Å²) in [6, 6.07) is 0. The molecule has 35 fully saturated rings. The second kappa shape index (κ2) is 59.4. The fourth-order valence-electron chi connectivity index (χ4n) is 32.8. The van der Waals surface area contributed by atoms with Crippen LogP contribution in [0.25, 0.3) is 0 Å². The zero-order valence-corrected chi connectivity index (χ0v) is 86.7. The lowest BCUT2D eigenvalue weighted by Gasteiger charge is -2.49. The summed E-state index contributed by atoms with van der Waals surface area (Å²) in [4.78, 5) is 0. The highest BCUT2D eigenvalue weighted by molar-refractivity contribution is 4.97. The van der Waals surface area contributed by atoms with Crippen LogP contribution in [0.1, 0.15) is 655 Å². The highest BCUT2D eigenvalue weighted by atomic mass is 14.5. The van der Waals surface area contributed by atoms with E-state index in [-0.39, 0.29) is 0 Å². The fourth-order valence-corrected chi connectivity index (χ4v) is 32.8. The molecule has 0 amide bonds. The molecule has 1 spiro atoms. The average molecular weight is 1760 g/mol. The van der Waals surface area contributed by atoms with E-state index in [9.17, 15) is 0 Å². The second-order valence-corrected chi connectivity index (χ2v) is 53.4. The third kappa shape index (κ3) is 39.0. The van der Waals surface area contributed by atoms with Gasteiger partial charge in [0.15, 0.2) is 0 Å². The van der Waals surface area contributed by atoms with Gasteiger partial charge in [0.1, 0.15) is 0 Å². The molecule has 0 radical (unpaired) electrons. The molecule has 0 aliphatic heterocycles. The zero-order valence-electron chi connectivity index (χ0n) is 86.7. The molecule has 35 aliphatic carbocycles. The Morgan fingerprint density at radius 2 is 0.276 bits per heavy atom. The maximum atomic E-state index is 2.54. The van der Waals surface area contributed by atoms with Crippen LogP contribution in [0, 0.1) is 147 Å². The van der Waals surface area contributed by atoms with Gasteiger partial charge in [-0.3, -0.25) is 0 Å². The molecule has 12 bridgehead atoms. The zero-order chi connectivity index (χ0) is 86.7. The molecular weight excluding hydrogens is 1530 g/mol. The summed E-state index contributed by atoms with van der Waals surface area (Å²) in [5.74, 6) is 27.2. The normalized spacial score (nSPS) is 40.9. The Kier molecular flexibility index (Phi) is 48.1. The summed E-state index contributed by atoms with van der Waals surface area (Å²) in [5, 5.41) is 0. The monoisotopic (exact) mass is 1750 g/mol. The lowest BCUT2D eigenvalue weighted by Crippen LogP contribution is -2.38. The van der Waals surface area contributed by atoms with Gasteiger partial charge in [0.25, 0.3) is 0 Å². The van der Waals surface area contributed by atoms with Crippen LogP contribution in [-0.4, -0.2) is 0 Å². The molecule has 736 valence electrons. The van der Waals surface area contributed by atoms with E-state index < -0.39 is 0 Å². The lowest BCUT2D eigenvalue weighted by atomic mass is 9.56. The van der Waals surface area contributed by atoms with E-state index in [1.807, 2.05) is 0 Å². The first-order valence-corrected chi connectivity index (χ1v) is 62.8. The SMILES string of the molecule is C1C2CC1C2.C1C2CC3CC1CC(C2)C3.C1CC1.C1CC2CC(C1)C2.C1CC2CC1C2.C1CC2CCC1C2.C1CC2CCCC2C1.C1CCC1.C1CCC2(CC1)CCCCC2.C1CCC2CCCCC2C1.C1CCCC1.C1CCCCC1.C1CCCCCC1.C1CCCCCCC1.C1CC[C@H]2CC[C@H]2C1.C1C[C@@H]2C[C@@H]2C1.C1C[C@H]2C[C@@H]12.CC12CCCCC1CCCC2. The van der Waals surface area contributed by atoms with Crippen LogP contribution >= 0.6 is 0 Å². The van der Waals surface area contributed by atoms with Crippen LogP contribution in [0.5, 0.6) is 0 Å². The Bertz CT molecular complexity index is 2370. The van der Waals surface area contributed by atoms with Crippen LogP contribution in [0.2, 0.25) is 0 Å². The van der Waals surface area contributed by atoms with E-state index in [4.69, 9.17) is 0 Å². The summed E-state index contributed by atoms with van der Waals surface area (Å²) in [6.45, 7) is 2.54. The van der Waals surface area contributed by atoms with Crippen LogP contribution < -0.4 is 0 Å². The standard InChI is InChI=1S/2C11H20.C10H16.C10H18.2C8H14.C8H16.2C7H12.C7H14.2C6H10.C6H12.2C5H8.C5H10.C4H8.C3H6/c1-11-8-4-2-6-10(11)7-3-5-9-11;1-3-7-11(8-4-1)9-5-2-6-10-11;1-7-2-9-4-8(1)5-10(3-7)6-9;1-2-6-10-8-4-3-7-9(10)5-1;1-3-7-5-2-6-8(7)4-1;1-2-4-8-6-5-7(8)3-1;1-2-4-6-8-7-5-3-1;1-2-7-4-3-6(1)5-7;1-2-6-4-7(3-1)5-6;1-2-4-6-7-5-3-1;1-2-6-3-5(1)4-6;1-2-5-4-6(5)3-1;1-2-4-6-5-3-1;1-4-2-5(1)3-4;1-2-5-3-4(1)5;1-2-4-5-3-1;1-2-4-3-1;1-2-3-1/h10H,2-9H2,1H3;1-10H2;7-10H,1-6H2;9-10H,1-8H2;2*7-8H,1-6H2;1-8H2;2*6-7H,1-5H2;1-7H2;2*5-6H,1-4H2;1-6H2;2*4-5H,1-3H2;1-5H2;1-4H2;1-3H2/t;;;;;7-,8+;;;;;;5-,6+;;;4-,5+;;;. The van der Waals surface area contributed by atoms with Gasteiger partial charge < -0.3 is 0 Å². The van der Waals surface area contributed by atoms with Crippen molar-refractivity contribution in [3.05, 3.63) is 0 Å². The Morgan fingerprint density at radius 3 is 0.433 bits per heavy atom. The van der Waals surface area contributed by atoms with Crippen LogP contribution in [0.3, 0.4) is 0 Å². The third-order valence-corrected chi connectivity index (χ3v) is 42.9. The molecule has 0 saturated heterocycles. The minimum atomic E-state index is 0.774. The first-order valence-electron chi connectivity index (χ1n) is 62.8. The predicted octanol–water partition coefficient (Wildman–Crippen LogP) is 42.7. The van der Waals surface area contributed by atoms with Gasteiger partial charge in [-0.25, -0.2) is 0 Å². The molecule has 0 N–H and O–H groups in total. The Balaban J connectivity index is 0.000000110. The molecular formula is C127H228. The molecule has 0 nitrogen and oxygen atoms in total. The number of fused-ring (bicyclic) bond motifs is 11. The Hall–Kier alpha value is 0. The average Bonchev–Trinajstić information content (AvgIpc) is 1.64. The van der Waals surface area contributed by atoms with Crippen molar-refractivity contribution in [3.63, 3.8) is 0 Å². The quantitative estimate of drug-likeness (QED) is 0.212. The van der Waals surface area contributed by atoms with Crippen LogP contribution in [0.4, 0.5) is 0 Å². The predicted molar refractivity (Wildman–Crippen MR) is 557 cm³/mol. The molecule has 0 aromatic heterocycles. The van der Waals surface area contributed by atoms with Gasteiger partial charge in [0, 0.05) is 0 Å². The fraction of sp³-hybridized carbons (Fsp3) is 1.00. The molecule has 35 rings (SSSR count). The van der Waals surface area contributed by atoms with Gasteiger partial charge >= 0.3 is 0 Å². The van der Waals surface area contributed by atoms with Crippen LogP contribution in [-0.2, 0) is 0 Å². The van der Waals surface area contributed by atoms with Crippen molar-refractivity contribution in [2.45, 2.75) is 655 Å². The van der Waals surface area contributed by atoms with E-state index in [0.29, 0.717) is 0 Å². The number of hydrogen-bond acceptors (Lipinski definition) is 0. The molecule has 0 aromatic rings. The van der Waals surface area contributed by atoms with Crippen molar-refractivity contribution >= 4 is 0 Å². The Morgan fingerprint density at radius 1 is 0.110 bits per heavy atom. The van der Waals surface area contributed by atoms with Crippen molar-refractivity contribution in [1.82, 2.24) is 0 Å². The van der Waals surface area contributed by atoms with Gasteiger partial charge in [-0.1, -0.05) is 476 Å². The van der Waals surface area contributed by atoms with Crippen molar-refractivity contribution in [1.29, 1.82) is 0 Å². The summed E-state index contributed by atoms with van der Waals surface area (Å²) >= 11 is 0. The van der Waals surface area contributed by atoms with Crippen molar-refractivity contribution < 1.29 is 0 Å². The molecule has 0 heterocycles. The van der Waals surface area contributed by atoms with Crippen molar-refractivity contribution in [2.24, 2.45) is 147 Å². The second-order valence-electron chi connectivity index (χ2n) is 53.4. The summed E-state index contributed by atoms with van der Waals surface area (Å²) in [5.41, 5.74) is 1.63. The lowest BCUT2D eigenvalue weighted by molar-refractivity contribution is 0.0197. The molecule has 6 atom stereocenters. The molecule has 0 aromatic carbocycles. The first kappa shape index (κ1) is 103. The van der Waals surface area contributed by atoms with Crippen molar-refractivity contribution in [2.75, 3.05) is 0 Å². The minimum Gasteiger partial charge on any atom is -0.0594 e. The number of hydrogen-bond donors (Lipinski definition) is 0. The maximum absolute atomic E-state index is 2.54. The van der Waals surface area contributed by atoms with E-state index in [0.717, 1.165) is 28.6 Å². The van der Waals surface area contributed by atoms with Crippen LogP contribution in [0.15, 0.2) is 0 Å². The van der Waals surface area contributed by atoms with E-state index >= 15 is 0 Å². The highest BCUT2D eigenvalue weighted by Gasteiger charge is 2.46. The van der Waals surface area contributed by atoms with E-state index in [2.05, 4.69) is 6.92 Å². The van der Waals surface area contributed by atoms with Gasteiger partial charge in [-0.15, -0.1) is 0 Å². The summed E-state index contributed by atoms with van der Waals surface area (Å²) < 4.78 is 0. The van der Waals surface area contributed by atoms with Gasteiger partial charge in [0.05, 0.1) is 0 Å². The van der Waals surface area contributed by atoms with Crippen molar-refractivity contribution in [3.8, 4) is 0 Å². The first-order chi connectivity index (χ1) is 62.8. The van der Waals surface area contributed by atoms with Gasteiger partial charge in [-0.2, -0.15) is 0 Å². The topological polar surface area (TPSA) is 0 Å². The third-order valence-electron chi connectivity index (χ3n) is 42.9. The van der Waals surface area contributed by atoms with E-state index in [1.54, 1.807) is 283 Å². The van der Waals surface area contributed by atoms with Gasteiger partial charge in [0.2, 0.25) is 0 Å². The molecule has 0 unspecified atom stereocenters. The summed E-state index contributed by atoms with van der Waals surface area (Å²) in [6.07, 6.45) is 155. The van der Waals surface area contributed by atoms with Gasteiger partial charge in [-0.05, 0) is 327 Å². The maximum Gasteiger partial charge on any atom is -0.0297 e. The highest BCUT2D eigenvalue weighted by Crippen LogP contribution is 2.58. The minimum absolute atomic E-state index is 0.774. The molecule has 35 aliphatic rings. The molecule has 0 heteroatoms. The molecule has 35 saturated carbocycles.